The molecule has 0 aliphatic carbocycles. The van der Waals surface area contributed by atoms with Gasteiger partial charge in [-0.1, -0.05) is 23.7 Å². The molecule has 0 unspecified atom stereocenters. The third-order valence-electron chi connectivity index (χ3n) is 3.77. The van der Waals surface area contributed by atoms with E-state index in [4.69, 9.17) is 16.3 Å². The van der Waals surface area contributed by atoms with Crippen molar-refractivity contribution < 1.29 is 14.3 Å². The average molecular weight is 375 g/mol. The maximum atomic E-state index is 12.5. The highest BCUT2D eigenvalue weighted by Gasteiger charge is 2.20. The molecule has 0 amide bonds. The molecule has 1 aromatic carbocycles. The van der Waals surface area contributed by atoms with Crippen LogP contribution in [-0.4, -0.2) is 27.9 Å². The molecular weight excluding hydrogens is 360 g/mol. The summed E-state index contributed by atoms with van der Waals surface area (Å²) >= 11 is 7.45. The number of hydrogen-bond acceptors (Lipinski definition) is 5. The van der Waals surface area contributed by atoms with E-state index in [9.17, 15) is 9.59 Å². The number of carbonyl (C=O) groups excluding carboxylic acids is 2. The Bertz CT molecular complexity index is 932. The Kier molecular flexibility index (Phi) is 5.01. The van der Waals surface area contributed by atoms with Crippen molar-refractivity contribution >= 4 is 34.7 Å². The van der Waals surface area contributed by atoms with E-state index in [0.717, 1.165) is 16.5 Å². The topological polar surface area (TPSA) is 61.2 Å². The Balaban J connectivity index is 1.75. The minimum absolute atomic E-state index is 0.241. The van der Waals surface area contributed by atoms with Crippen LogP contribution in [0.1, 0.15) is 32.1 Å². The number of ether oxygens (including phenoxy) is 1. The summed E-state index contributed by atoms with van der Waals surface area (Å²) in [7, 11) is 0. The fraction of sp³-hybridized carbons (Fsp3) is 0.167. The molecule has 25 heavy (non-hydrogen) atoms. The van der Waals surface area contributed by atoms with Gasteiger partial charge in [0.2, 0.25) is 5.78 Å². The molecule has 128 valence electrons. The van der Waals surface area contributed by atoms with Gasteiger partial charge in [0.05, 0.1) is 10.6 Å². The Hall–Kier alpha value is -2.44. The molecule has 0 radical (unpaired) electrons. The largest absolute Gasteiger partial charge is 0.454 e. The number of halogens is 1. The van der Waals surface area contributed by atoms with E-state index < -0.39 is 5.97 Å². The van der Waals surface area contributed by atoms with Gasteiger partial charge in [0.15, 0.2) is 11.7 Å². The normalized spacial score (nSPS) is 10.7. The van der Waals surface area contributed by atoms with Gasteiger partial charge < -0.3 is 4.74 Å². The van der Waals surface area contributed by atoms with Crippen molar-refractivity contribution in [3.8, 4) is 5.13 Å². The lowest BCUT2D eigenvalue weighted by atomic mass is 10.1. The number of ketones is 1. The zero-order chi connectivity index (χ0) is 18.0. The van der Waals surface area contributed by atoms with Crippen LogP contribution in [0.4, 0.5) is 0 Å². The zero-order valence-corrected chi connectivity index (χ0v) is 15.2. The van der Waals surface area contributed by atoms with E-state index in [1.165, 1.54) is 11.3 Å². The molecule has 2 aromatic heterocycles. The average Bonchev–Trinajstić information content (AvgIpc) is 3.20. The van der Waals surface area contributed by atoms with Crippen LogP contribution in [-0.2, 0) is 4.74 Å². The third-order valence-corrected chi connectivity index (χ3v) is 4.86. The summed E-state index contributed by atoms with van der Waals surface area (Å²) in [6, 6.07) is 8.34. The van der Waals surface area contributed by atoms with Crippen molar-refractivity contribution in [1.82, 2.24) is 9.55 Å². The molecular formula is C18H15ClN2O3S. The number of aromatic nitrogens is 2. The summed E-state index contributed by atoms with van der Waals surface area (Å²) in [5, 5.41) is 2.96. The van der Waals surface area contributed by atoms with Gasteiger partial charge >= 0.3 is 5.97 Å². The molecule has 0 aliphatic rings. The third kappa shape index (κ3) is 3.50. The van der Waals surface area contributed by atoms with E-state index >= 15 is 0 Å². The number of hydrogen-bond donors (Lipinski definition) is 0. The van der Waals surface area contributed by atoms with Crippen LogP contribution in [0, 0.1) is 13.8 Å². The molecule has 0 aliphatic heterocycles. The van der Waals surface area contributed by atoms with Crippen LogP contribution in [0.25, 0.3) is 5.13 Å². The van der Waals surface area contributed by atoms with Gasteiger partial charge in [-0.05, 0) is 32.0 Å². The zero-order valence-electron chi connectivity index (χ0n) is 13.7. The van der Waals surface area contributed by atoms with E-state index in [2.05, 4.69) is 4.98 Å². The molecule has 0 fully saturated rings. The van der Waals surface area contributed by atoms with Gasteiger partial charge in [-0.2, -0.15) is 0 Å². The van der Waals surface area contributed by atoms with Crippen molar-refractivity contribution in [2.75, 3.05) is 6.61 Å². The van der Waals surface area contributed by atoms with Gasteiger partial charge in [0, 0.05) is 28.5 Å². The van der Waals surface area contributed by atoms with Crippen molar-refractivity contribution in [2.24, 2.45) is 0 Å². The molecule has 2 heterocycles. The monoisotopic (exact) mass is 374 g/mol. The molecule has 0 N–H and O–H groups in total. The molecule has 3 aromatic rings. The summed E-state index contributed by atoms with van der Waals surface area (Å²) in [6.45, 7) is 3.41. The number of carbonyl (C=O) groups is 2. The first-order valence-electron chi connectivity index (χ1n) is 7.52. The Morgan fingerprint density at radius 3 is 2.68 bits per heavy atom. The lowest BCUT2D eigenvalue weighted by Crippen LogP contribution is -2.15. The number of Topliss-reactive ketones (excluding diaryl/α,β-unsaturated/α-hetero) is 1. The number of thiazole rings is 1. The van der Waals surface area contributed by atoms with Crippen LogP contribution < -0.4 is 0 Å². The summed E-state index contributed by atoms with van der Waals surface area (Å²) in [6.07, 6.45) is 1.71. The molecule has 3 rings (SSSR count). The standard InChI is InChI=1S/C18H15ClN2O3S/c1-11-9-14(12(2)21(11)18-20-7-8-25-18)16(22)10-24-17(23)13-5-3-4-6-15(13)19/h3-9H,10H2,1-2H3. The predicted octanol–water partition coefficient (Wildman–Crippen LogP) is 4.24. The maximum absolute atomic E-state index is 12.5. The van der Waals surface area contributed by atoms with Crippen LogP contribution in [0.3, 0.4) is 0 Å². The van der Waals surface area contributed by atoms with Gasteiger partial charge in [0.25, 0.3) is 0 Å². The SMILES string of the molecule is Cc1cc(C(=O)COC(=O)c2ccccc2Cl)c(C)n1-c1nccs1. The number of nitrogens with zero attached hydrogens (tertiary/aromatic N) is 2. The van der Waals surface area contributed by atoms with Crippen LogP contribution >= 0.6 is 22.9 Å². The van der Waals surface area contributed by atoms with Crippen LogP contribution in [0.2, 0.25) is 5.02 Å². The number of benzene rings is 1. The Labute approximate surface area is 153 Å². The fourth-order valence-electron chi connectivity index (χ4n) is 2.58. The van der Waals surface area contributed by atoms with E-state index in [-0.39, 0.29) is 18.0 Å². The van der Waals surface area contributed by atoms with Gasteiger partial charge in [-0.3, -0.25) is 9.36 Å². The highest BCUT2D eigenvalue weighted by molar-refractivity contribution is 7.12. The Morgan fingerprint density at radius 2 is 2.00 bits per heavy atom. The Morgan fingerprint density at radius 1 is 1.24 bits per heavy atom. The second-order valence-electron chi connectivity index (χ2n) is 5.41. The van der Waals surface area contributed by atoms with Crippen molar-refractivity contribution in [2.45, 2.75) is 13.8 Å². The summed E-state index contributed by atoms with van der Waals surface area (Å²) in [5.74, 6) is -0.885. The lowest BCUT2D eigenvalue weighted by Gasteiger charge is -2.07. The van der Waals surface area contributed by atoms with Crippen molar-refractivity contribution in [3.05, 3.63) is 69.4 Å². The van der Waals surface area contributed by atoms with E-state index in [1.807, 2.05) is 23.8 Å². The van der Waals surface area contributed by atoms with Gasteiger partial charge in [0.1, 0.15) is 0 Å². The number of rotatable bonds is 5. The highest BCUT2D eigenvalue weighted by Crippen LogP contribution is 2.23. The smallest absolute Gasteiger partial charge is 0.340 e. The first-order valence-corrected chi connectivity index (χ1v) is 8.78. The van der Waals surface area contributed by atoms with E-state index in [1.54, 1.807) is 36.5 Å². The second kappa shape index (κ2) is 7.21. The summed E-state index contributed by atoms with van der Waals surface area (Å²) < 4.78 is 7.04. The van der Waals surface area contributed by atoms with Crippen LogP contribution in [0.5, 0.6) is 0 Å². The molecule has 0 atom stereocenters. The van der Waals surface area contributed by atoms with Gasteiger partial charge in [-0.15, -0.1) is 11.3 Å². The van der Waals surface area contributed by atoms with Crippen molar-refractivity contribution in [3.63, 3.8) is 0 Å². The first-order chi connectivity index (χ1) is 12.0. The maximum Gasteiger partial charge on any atom is 0.340 e. The second-order valence-corrected chi connectivity index (χ2v) is 6.69. The number of aryl methyl sites for hydroxylation is 1. The molecule has 5 nitrogen and oxygen atoms in total. The molecule has 0 saturated heterocycles. The summed E-state index contributed by atoms with van der Waals surface area (Å²) in [4.78, 5) is 28.8. The van der Waals surface area contributed by atoms with Gasteiger partial charge in [-0.25, -0.2) is 9.78 Å². The number of esters is 1. The minimum Gasteiger partial charge on any atom is -0.454 e. The molecule has 0 bridgehead atoms. The first kappa shape index (κ1) is 17.4. The predicted molar refractivity (Wildman–Crippen MR) is 97.0 cm³/mol. The molecule has 7 heteroatoms. The minimum atomic E-state index is -0.618. The van der Waals surface area contributed by atoms with Crippen LogP contribution in [0.15, 0.2) is 41.9 Å². The quantitative estimate of drug-likeness (QED) is 0.495. The molecule has 0 spiro atoms. The lowest BCUT2D eigenvalue weighted by molar-refractivity contribution is 0.0474. The van der Waals surface area contributed by atoms with Crippen molar-refractivity contribution in [1.29, 1.82) is 0 Å². The molecule has 0 saturated carbocycles. The fourth-order valence-corrected chi connectivity index (χ4v) is 3.54. The summed E-state index contributed by atoms with van der Waals surface area (Å²) in [5.41, 5.74) is 2.42. The van der Waals surface area contributed by atoms with E-state index in [0.29, 0.717) is 10.6 Å². The highest BCUT2D eigenvalue weighted by atomic mass is 35.5.